The quantitative estimate of drug-likeness (QED) is 0.675. The van der Waals surface area contributed by atoms with E-state index < -0.39 is 15.0 Å². The van der Waals surface area contributed by atoms with E-state index in [-0.39, 0.29) is 6.10 Å². The molecule has 0 bridgehead atoms. The van der Waals surface area contributed by atoms with Gasteiger partial charge in [-0.3, -0.25) is 13.4 Å². The SMILES string of the molecule is CC(C)OP(C)(=O)OP(C)(C)=O. The van der Waals surface area contributed by atoms with Gasteiger partial charge >= 0.3 is 7.60 Å². The third-order valence-corrected chi connectivity index (χ3v) is 4.31. The van der Waals surface area contributed by atoms with Crippen LogP contribution in [0, 0.1) is 0 Å². The fourth-order valence-corrected chi connectivity index (χ4v) is 4.54. The maximum atomic E-state index is 11.4. The zero-order valence-electron chi connectivity index (χ0n) is 8.10. The summed E-state index contributed by atoms with van der Waals surface area (Å²) in [4.78, 5) is 0. The summed E-state index contributed by atoms with van der Waals surface area (Å²) in [7, 11) is -5.86. The van der Waals surface area contributed by atoms with Crippen molar-refractivity contribution in [2.45, 2.75) is 20.0 Å². The fourth-order valence-electron chi connectivity index (χ4n) is 0.759. The first-order valence-electron chi connectivity index (χ1n) is 3.64. The molecule has 0 saturated heterocycles. The van der Waals surface area contributed by atoms with E-state index in [0.29, 0.717) is 0 Å². The van der Waals surface area contributed by atoms with Gasteiger partial charge in [0.15, 0.2) is 0 Å². The molecule has 0 saturated carbocycles. The molecule has 0 radical (unpaired) electrons. The predicted molar refractivity (Wildman–Crippen MR) is 50.3 cm³/mol. The van der Waals surface area contributed by atoms with E-state index in [0.717, 1.165) is 0 Å². The summed E-state index contributed by atoms with van der Waals surface area (Å²) in [5, 5.41) is 0. The van der Waals surface area contributed by atoms with Crippen LogP contribution in [0.2, 0.25) is 0 Å². The zero-order chi connectivity index (χ0) is 9.99. The molecule has 6 heteroatoms. The summed E-state index contributed by atoms with van der Waals surface area (Å²) in [6.45, 7) is 7.64. The van der Waals surface area contributed by atoms with Crippen molar-refractivity contribution >= 4 is 15.0 Å². The molecule has 4 nitrogen and oxygen atoms in total. The molecule has 0 heterocycles. The van der Waals surface area contributed by atoms with E-state index in [1.807, 2.05) is 0 Å². The first-order chi connectivity index (χ1) is 5.12. The summed E-state index contributed by atoms with van der Waals surface area (Å²) >= 11 is 0. The Hall–Kier alpha value is 0.380. The maximum Gasteiger partial charge on any atom is 0.333 e. The van der Waals surface area contributed by atoms with Gasteiger partial charge in [0.1, 0.15) is 0 Å². The maximum absolute atomic E-state index is 11.4. The molecule has 0 aromatic carbocycles. The Kier molecular flexibility index (Phi) is 4.19. The molecule has 0 amide bonds. The Bertz CT molecular complexity index is 230. The summed E-state index contributed by atoms with van der Waals surface area (Å²) in [5.41, 5.74) is 0. The van der Waals surface area contributed by atoms with Crippen molar-refractivity contribution in [3.05, 3.63) is 0 Å². The molecule has 0 aliphatic heterocycles. The lowest BCUT2D eigenvalue weighted by molar-refractivity contribution is 0.214. The summed E-state index contributed by atoms with van der Waals surface area (Å²) in [6, 6.07) is 0. The van der Waals surface area contributed by atoms with Gasteiger partial charge in [-0.2, -0.15) is 0 Å². The van der Waals surface area contributed by atoms with Crippen molar-refractivity contribution in [3.63, 3.8) is 0 Å². The van der Waals surface area contributed by atoms with Crippen molar-refractivity contribution in [2.75, 3.05) is 20.0 Å². The van der Waals surface area contributed by atoms with Crippen LogP contribution in [0.4, 0.5) is 0 Å². The minimum Gasteiger partial charge on any atom is -0.306 e. The van der Waals surface area contributed by atoms with Crippen molar-refractivity contribution in [3.8, 4) is 0 Å². The number of hydrogen-bond donors (Lipinski definition) is 0. The van der Waals surface area contributed by atoms with Gasteiger partial charge in [0.25, 0.3) is 0 Å². The van der Waals surface area contributed by atoms with Crippen LogP contribution in [0.5, 0.6) is 0 Å². The Morgan fingerprint density at radius 2 is 1.50 bits per heavy atom. The Labute approximate surface area is 73.6 Å². The highest BCUT2D eigenvalue weighted by atomic mass is 31.3. The smallest absolute Gasteiger partial charge is 0.306 e. The van der Waals surface area contributed by atoms with Gasteiger partial charge in [0.05, 0.1) is 6.10 Å². The van der Waals surface area contributed by atoms with Gasteiger partial charge in [0, 0.05) is 20.0 Å². The standard InChI is InChI=1S/C6H16O4P2/c1-6(2)9-12(5,8)10-11(3,4)7/h6H,1-5H3. The minimum absolute atomic E-state index is 0.188. The van der Waals surface area contributed by atoms with Crippen LogP contribution < -0.4 is 0 Å². The van der Waals surface area contributed by atoms with E-state index in [4.69, 9.17) is 8.83 Å². The molecule has 0 spiro atoms. The Morgan fingerprint density at radius 1 is 1.08 bits per heavy atom. The van der Waals surface area contributed by atoms with Crippen LogP contribution >= 0.6 is 15.0 Å². The lowest BCUT2D eigenvalue weighted by atomic mass is 10.5. The molecular weight excluding hydrogens is 198 g/mol. The fraction of sp³-hybridized carbons (Fsp3) is 1.00. The van der Waals surface area contributed by atoms with Gasteiger partial charge in [-0.15, -0.1) is 0 Å². The van der Waals surface area contributed by atoms with Gasteiger partial charge in [-0.1, -0.05) is 0 Å². The minimum atomic E-state index is -3.13. The third kappa shape index (κ3) is 7.05. The van der Waals surface area contributed by atoms with Crippen molar-refractivity contribution in [1.29, 1.82) is 0 Å². The lowest BCUT2D eigenvalue weighted by Crippen LogP contribution is -2.01. The van der Waals surface area contributed by atoms with Crippen LogP contribution in [0.25, 0.3) is 0 Å². The highest BCUT2D eigenvalue weighted by molar-refractivity contribution is 7.68. The molecule has 0 fully saturated rings. The first kappa shape index (κ1) is 12.4. The van der Waals surface area contributed by atoms with Gasteiger partial charge < -0.3 is 4.52 Å². The predicted octanol–water partition coefficient (Wildman–Crippen LogP) is 2.79. The molecule has 12 heavy (non-hydrogen) atoms. The van der Waals surface area contributed by atoms with E-state index in [1.54, 1.807) is 13.8 Å². The third-order valence-electron chi connectivity index (χ3n) is 0.747. The Morgan fingerprint density at radius 3 is 1.75 bits per heavy atom. The van der Waals surface area contributed by atoms with E-state index in [9.17, 15) is 9.13 Å². The van der Waals surface area contributed by atoms with Crippen LogP contribution in [0.3, 0.4) is 0 Å². The highest BCUT2D eigenvalue weighted by Gasteiger charge is 2.25. The molecule has 0 aromatic rings. The highest BCUT2D eigenvalue weighted by Crippen LogP contribution is 2.58. The lowest BCUT2D eigenvalue weighted by Gasteiger charge is -2.18. The molecule has 0 aromatic heterocycles. The zero-order valence-corrected chi connectivity index (χ0v) is 9.89. The number of rotatable bonds is 4. The van der Waals surface area contributed by atoms with Gasteiger partial charge in [0.2, 0.25) is 7.37 Å². The summed E-state index contributed by atoms with van der Waals surface area (Å²) in [6.07, 6.45) is -0.188. The average molecular weight is 214 g/mol. The second kappa shape index (κ2) is 4.06. The van der Waals surface area contributed by atoms with Crippen molar-refractivity contribution in [1.82, 2.24) is 0 Å². The monoisotopic (exact) mass is 214 g/mol. The van der Waals surface area contributed by atoms with E-state index >= 15 is 0 Å². The van der Waals surface area contributed by atoms with Crippen LogP contribution in [0.15, 0.2) is 0 Å². The number of hydrogen-bond acceptors (Lipinski definition) is 4. The largest absolute Gasteiger partial charge is 0.333 e. The van der Waals surface area contributed by atoms with Crippen molar-refractivity contribution < 1.29 is 18.0 Å². The van der Waals surface area contributed by atoms with Gasteiger partial charge in [-0.25, -0.2) is 0 Å². The summed E-state index contributed by atoms with van der Waals surface area (Å²) in [5.74, 6) is 0. The molecule has 0 rings (SSSR count). The van der Waals surface area contributed by atoms with E-state index in [1.165, 1.54) is 20.0 Å². The average Bonchev–Trinajstić information content (AvgIpc) is 1.48. The van der Waals surface area contributed by atoms with Crippen LogP contribution in [-0.4, -0.2) is 26.1 Å². The molecule has 0 aliphatic rings. The van der Waals surface area contributed by atoms with Crippen molar-refractivity contribution in [2.24, 2.45) is 0 Å². The second-order valence-corrected chi connectivity index (χ2v) is 8.17. The van der Waals surface area contributed by atoms with Gasteiger partial charge in [-0.05, 0) is 13.8 Å². The topological polar surface area (TPSA) is 52.6 Å². The molecule has 1 unspecified atom stereocenters. The molecular formula is C6H16O4P2. The van der Waals surface area contributed by atoms with Crippen LogP contribution in [-0.2, 0) is 18.0 Å². The normalized spacial score (nSPS) is 17.8. The van der Waals surface area contributed by atoms with Crippen LogP contribution in [0.1, 0.15) is 13.8 Å². The summed E-state index contributed by atoms with van der Waals surface area (Å²) < 4.78 is 32.4. The van der Waals surface area contributed by atoms with E-state index in [2.05, 4.69) is 0 Å². The molecule has 74 valence electrons. The molecule has 0 aliphatic carbocycles. The molecule has 0 N–H and O–H groups in total. The molecule has 1 atom stereocenters. The Balaban J connectivity index is 4.25. The second-order valence-electron chi connectivity index (χ2n) is 3.26. The first-order valence-corrected chi connectivity index (χ1v) is 8.15.